The average molecular weight is 312 g/mol. The van der Waals surface area contributed by atoms with Crippen LogP contribution in [0.3, 0.4) is 0 Å². The van der Waals surface area contributed by atoms with Gasteiger partial charge in [-0.25, -0.2) is 0 Å². The summed E-state index contributed by atoms with van der Waals surface area (Å²) in [7, 11) is 2.67. The number of ether oxygens (including phenoxy) is 2. The van der Waals surface area contributed by atoms with Gasteiger partial charge >= 0.3 is 5.97 Å². The molecule has 8 heteroatoms. The van der Waals surface area contributed by atoms with Gasteiger partial charge in [0.1, 0.15) is 11.8 Å². The summed E-state index contributed by atoms with van der Waals surface area (Å²) < 4.78 is 14.3. The summed E-state index contributed by atoms with van der Waals surface area (Å²) in [5.74, 6) is -1.46. The van der Waals surface area contributed by atoms with Crippen LogP contribution in [0.25, 0.3) is 0 Å². The van der Waals surface area contributed by atoms with Crippen LogP contribution in [-0.4, -0.2) is 49.7 Å². The maximum atomic E-state index is 12.2. The third-order valence-corrected chi connectivity index (χ3v) is 3.00. The summed E-state index contributed by atoms with van der Waals surface area (Å²) in [5.41, 5.74) is 0.0763. The standard InChI is InChI=1S/C14H20N2O6/c1-8(14(19)21-4)5-12(17)11(7-20-3)15-13(18)10-6-9(2)22-16-10/h6,8,11H,5,7H2,1-4H3,(H,15,18)/t8-,11+/m1/s1. The molecule has 2 atom stereocenters. The molecular formula is C14H20N2O6. The van der Waals surface area contributed by atoms with Gasteiger partial charge in [-0.15, -0.1) is 0 Å². The second kappa shape index (κ2) is 8.28. The molecule has 1 heterocycles. The Hall–Kier alpha value is -2.22. The average Bonchev–Trinajstić information content (AvgIpc) is 2.92. The Bertz CT molecular complexity index is 539. The molecule has 0 saturated heterocycles. The molecule has 1 rings (SSSR count). The number of amides is 1. The number of aromatic nitrogens is 1. The van der Waals surface area contributed by atoms with E-state index >= 15 is 0 Å². The van der Waals surface area contributed by atoms with E-state index in [0.29, 0.717) is 5.76 Å². The van der Waals surface area contributed by atoms with Crippen LogP contribution in [0.5, 0.6) is 0 Å². The lowest BCUT2D eigenvalue weighted by atomic mass is 10.0. The molecule has 8 nitrogen and oxygen atoms in total. The normalized spacial score (nSPS) is 13.3. The Kier molecular flexibility index (Phi) is 6.71. The molecule has 0 aliphatic heterocycles. The number of ketones is 1. The largest absolute Gasteiger partial charge is 0.469 e. The summed E-state index contributed by atoms with van der Waals surface area (Å²) in [4.78, 5) is 35.5. The van der Waals surface area contributed by atoms with E-state index < -0.39 is 23.8 Å². The zero-order valence-electron chi connectivity index (χ0n) is 13.0. The van der Waals surface area contributed by atoms with Gasteiger partial charge in [0.05, 0.1) is 19.6 Å². The van der Waals surface area contributed by atoms with Crippen molar-refractivity contribution in [2.45, 2.75) is 26.3 Å². The molecule has 0 spiro atoms. The van der Waals surface area contributed by atoms with Crippen LogP contribution >= 0.6 is 0 Å². The molecule has 22 heavy (non-hydrogen) atoms. The van der Waals surface area contributed by atoms with E-state index in [2.05, 4.69) is 15.2 Å². The summed E-state index contributed by atoms with van der Waals surface area (Å²) >= 11 is 0. The molecular weight excluding hydrogens is 292 g/mol. The minimum Gasteiger partial charge on any atom is -0.469 e. The van der Waals surface area contributed by atoms with E-state index in [0.717, 1.165) is 0 Å². The Balaban J connectivity index is 2.69. The number of hydrogen-bond acceptors (Lipinski definition) is 7. The predicted molar refractivity (Wildman–Crippen MR) is 75.2 cm³/mol. The number of methoxy groups -OCH3 is 2. The van der Waals surface area contributed by atoms with E-state index in [1.807, 2.05) is 0 Å². The Morgan fingerprint density at radius 2 is 2.05 bits per heavy atom. The van der Waals surface area contributed by atoms with Crippen molar-refractivity contribution in [3.8, 4) is 0 Å². The third-order valence-electron chi connectivity index (χ3n) is 3.00. The van der Waals surface area contributed by atoms with E-state index in [-0.39, 0.29) is 24.5 Å². The first-order valence-corrected chi connectivity index (χ1v) is 6.72. The molecule has 0 aromatic carbocycles. The van der Waals surface area contributed by atoms with Gasteiger partial charge in [-0.1, -0.05) is 12.1 Å². The number of carbonyl (C=O) groups is 3. The Morgan fingerprint density at radius 1 is 1.36 bits per heavy atom. The topological polar surface area (TPSA) is 108 Å². The second-order valence-electron chi connectivity index (χ2n) is 4.90. The van der Waals surface area contributed by atoms with Crippen molar-refractivity contribution in [1.82, 2.24) is 10.5 Å². The van der Waals surface area contributed by atoms with Gasteiger partial charge < -0.3 is 19.3 Å². The van der Waals surface area contributed by atoms with Crippen molar-refractivity contribution in [3.63, 3.8) is 0 Å². The molecule has 1 N–H and O–H groups in total. The molecule has 0 bridgehead atoms. The van der Waals surface area contributed by atoms with E-state index in [9.17, 15) is 14.4 Å². The Morgan fingerprint density at radius 3 is 2.55 bits per heavy atom. The monoisotopic (exact) mass is 312 g/mol. The first-order chi connectivity index (χ1) is 10.4. The predicted octanol–water partition coefficient (Wildman–Crippen LogP) is 0.496. The van der Waals surface area contributed by atoms with Gasteiger partial charge in [-0.3, -0.25) is 14.4 Å². The third kappa shape index (κ3) is 4.96. The highest BCUT2D eigenvalue weighted by atomic mass is 16.5. The molecule has 1 aromatic rings. The van der Waals surface area contributed by atoms with Gasteiger partial charge in [0.15, 0.2) is 11.5 Å². The van der Waals surface area contributed by atoms with Crippen molar-refractivity contribution in [2.75, 3.05) is 20.8 Å². The van der Waals surface area contributed by atoms with Crippen molar-refractivity contribution in [1.29, 1.82) is 0 Å². The molecule has 0 radical (unpaired) electrons. The molecule has 0 aliphatic carbocycles. The van der Waals surface area contributed by atoms with Gasteiger partial charge in [-0.2, -0.15) is 0 Å². The smallest absolute Gasteiger partial charge is 0.308 e. The Labute approximate surface area is 128 Å². The van der Waals surface area contributed by atoms with E-state index in [1.54, 1.807) is 13.8 Å². The van der Waals surface area contributed by atoms with Crippen LogP contribution in [-0.2, 0) is 19.1 Å². The highest BCUT2D eigenvalue weighted by Gasteiger charge is 2.26. The van der Waals surface area contributed by atoms with Crippen LogP contribution in [0, 0.1) is 12.8 Å². The second-order valence-corrected chi connectivity index (χ2v) is 4.90. The highest BCUT2D eigenvalue weighted by Crippen LogP contribution is 2.08. The van der Waals surface area contributed by atoms with Crippen molar-refractivity contribution >= 4 is 17.7 Å². The van der Waals surface area contributed by atoms with Crippen LogP contribution < -0.4 is 5.32 Å². The summed E-state index contributed by atoms with van der Waals surface area (Å²) in [6.45, 7) is 3.23. The zero-order valence-corrected chi connectivity index (χ0v) is 13.0. The van der Waals surface area contributed by atoms with Crippen LogP contribution in [0.15, 0.2) is 10.6 Å². The van der Waals surface area contributed by atoms with Crippen molar-refractivity contribution < 1.29 is 28.4 Å². The molecule has 0 unspecified atom stereocenters. The minimum absolute atomic E-state index is 0.00466. The fraction of sp³-hybridized carbons (Fsp3) is 0.571. The first-order valence-electron chi connectivity index (χ1n) is 6.72. The minimum atomic E-state index is -0.874. The molecule has 1 amide bonds. The SMILES string of the molecule is COC[C@H](NC(=O)c1cc(C)on1)C(=O)C[C@@H](C)C(=O)OC. The number of nitrogens with zero attached hydrogens (tertiary/aromatic N) is 1. The van der Waals surface area contributed by atoms with Gasteiger partial charge in [-0.05, 0) is 6.92 Å². The molecule has 122 valence electrons. The van der Waals surface area contributed by atoms with Gasteiger partial charge in [0.25, 0.3) is 5.91 Å². The summed E-state index contributed by atoms with van der Waals surface area (Å²) in [6, 6.07) is 0.586. The van der Waals surface area contributed by atoms with Crippen molar-refractivity contribution in [3.05, 3.63) is 17.5 Å². The number of Topliss-reactive ketones (excluding diaryl/α,β-unsaturated/α-hetero) is 1. The molecule has 1 aromatic heterocycles. The summed E-state index contributed by atoms with van der Waals surface area (Å²) in [6.07, 6.45) is -0.0567. The fourth-order valence-corrected chi connectivity index (χ4v) is 1.82. The van der Waals surface area contributed by atoms with E-state index in [4.69, 9.17) is 9.26 Å². The van der Waals surface area contributed by atoms with Gasteiger partial charge in [0.2, 0.25) is 0 Å². The maximum Gasteiger partial charge on any atom is 0.308 e. The zero-order chi connectivity index (χ0) is 16.7. The first kappa shape index (κ1) is 17.8. The lowest BCUT2D eigenvalue weighted by Gasteiger charge is -2.17. The van der Waals surface area contributed by atoms with E-state index in [1.165, 1.54) is 20.3 Å². The number of nitrogens with one attached hydrogen (secondary N) is 1. The summed E-state index contributed by atoms with van der Waals surface area (Å²) in [5, 5.41) is 6.10. The number of hydrogen-bond donors (Lipinski definition) is 1. The quantitative estimate of drug-likeness (QED) is 0.696. The maximum absolute atomic E-state index is 12.2. The number of rotatable bonds is 8. The number of aryl methyl sites for hydroxylation is 1. The van der Waals surface area contributed by atoms with Gasteiger partial charge in [0, 0.05) is 19.6 Å². The van der Waals surface area contributed by atoms with Crippen LogP contribution in [0.1, 0.15) is 29.6 Å². The number of esters is 1. The highest BCUT2D eigenvalue weighted by molar-refractivity contribution is 5.97. The molecule has 0 fully saturated rings. The number of carbonyl (C=O) groups excluding carboxylic acids is 3. The van der Waals surface area contributed by atoms with Crippen LogP contribution in [0.4, 0.5) is 0 Å². The lowest BCUT2D eigenvalue weighted by Crippen LogP contribution is -2.44. The van der Waals surface area contributed by atoms with Crippen LogP contribution in [0.2, 0.25) is 0 Å². The molecule has 0 aliphatic rings. The van der Waals surface area contributed by atoms with Crippen molar-refractivity contribution in [2.24, 2.45) is 5.92 Å². The fourth-order valence-electron chi connectivity index (χ4n) is 1.82. The molecule has 0 saturated carbocycles. The lowest BCUT2D eigenvalue weighted by molar-refractivity contribution is -0.146.